The molecule has 1 N–H and O–H groups in total. The lowest BCUT2D eigenvalue weighted by Crippen LogP contribution is -2.43. The highest BCUT2D eigenvalue weighted by Gasteiger charge is 2.39. The van der Waals surface area contributed by atoms with Crippen LogP contribution >= 0.6 is 11.3 Å². The van der Waals surface area contributed by atoms with Crippen LogP contribution in [0, 0.1) is 20.8 Å². The number of rotatable bonds is 5. The lowest BCUT2D eigenvalue weighted by Gasteiger charge is -2.23. The second kappa shape index (κ2) is 8.53. The maximum atomic E-state index is 13.1. The van der Waals surface area contributed by atoms with Gasteiger partial charge in [-0.1, -0.05) is 41.5 Å². The molecular weight excluding hydrogens is 430 g/mol. The summed E-state index contributed by atoms with van der Waals surface area (Å²) in [7, 11) is -3.73. The molecule has 1 unspecified atom stereocenters. The largest absolute Gasteiger partial charge is 0.301 e. The molecule has 0 bridgehead atoms. The van der Waals surface area contributed by atoms with E-state index >= 15 is 0 Å². The molecule has 2 heterocycles. The van der Waals surface area contributed by atoms with Gasteiger partial charge in [0.2, 0.25) is 15.9 Å². The highest BCUT2D eigenvalue weighted by atomic mass is 32.2. The van der Waals surface area contributed by atoms with E-state index in [1.165, 1.54) is 21.2 Å². The second-order valence-electron chi connectivity index (χ2n) is 7.93. The molecule has 1 fully saturated rings. The molecule has 162 valence electrons. The van der Waals surface area contributed by atoms with Crippen molar-refractivity contribution in [1.29, 1.82) is 0 Å². The van der Waals surface area contributed by atoms with Crippen LogP contribution in [-0.2, 0) is 14.8 Å². The fourth-order valence-corrected chi connectivity index (χ4v) is 6.25. The molecule has 6 nitrogen and oxygen atoms in total. The zero-order chi connectivity index (χ0) is 22.2. The first-order valence-electron chi connectivity index (χ1n) is 10.2. The highest BCUT2D eigenvalue weighted by molar-refractivity contribution is 7.89. The van der Waals surface area contributed by atoms with Crippen molar-refractivity contribution < 1.29 is 13.2 Å². The number of aryl methyl sites for hydroxylation is 3. The molecule has 1 aliphatic rings. The third kappa shape index (κ3) is 4.42. The van der Waals surface area contributed by atoms with Gasteiger partial charge in [-0.25, -0.2) is 13.4 Å². The molecule has 1 saturated heterocycles. The van der Waals surface area contributed by atoms with Gasteiger partial charge in [0.15, 0.2) is 5.13 Å². The molecule has 2 aromatic carbocycles. The summed E-state index contributed by atoms with van der Waals surface area (Å²) in [6, 6.07) is 12.1. The summed E-state index contributed by atoms with van der Waals surface area (Å²) in [6.07, 6.45) is 1.14. The van der Waals surface area contributed by atoms with Gasteiger partial charge in [0, 0.05) is 17.5 Å². The molecule has 1 amide bonds. The first-order valence-corrected chi connectivity index (χ1v) is 12.5. The number of hydrogen-bond donors (Lipinski definition) is 1. The van der Waals surface area contributed by atoms with E-state index in [1.807, 2.05) is 38.3 Å². The Kier molecular flexibility index (Phi) is 5.96. The molecule has 4 rings (SSSR count). The van der Waals surface area contributed by atoms with Crippen LogP contribution in [0.5, 0.6) is 0 Å². The number of nitrogens with one attached hydrogen (secondary N) is 1. The van der Waals surface area contributed by atoms with E-state index in [1.54, 1.807) is 24.3 Å². The van der Waals surface area contributed by atoms with E-state index in [4.69, 9.17) is 0 Å². The minimum atomic E-state index is -3.73. The lowest BCUT2D eigenvalue weighted by atomic mass is 10.0. The van der Waals surface area contributed by atoms with Gasteiger partial charge in [0.25, 0.3) is 0 Å². The first-order chi connectivity index (χ1) is 14.8. The van der Waals surface area contributed by atoms with Crippen LogP contribution in [0.1, 0.15) is 29.5 Å². The van der Waals surface area contributed by atoms with Crippen molar-refractivity contribution in [2.24, 2.45) is 0 Å². The van der Waals surface area contributed by atoms with Crippen LogP contribution in [0.15, 0.2) is 52.7 Å². The number of benzene rings is 2. The molecule has 31 heavy (non-hydrogen) atoms. The van der Waals surface area contributed by atoms with Gasteiger partial charge in [-0.2, -0.15) is 4.31 Å². The van der Waals surface area contributed by atoms with Gasteiger partial charge in [0.05, 0.1) is 10.6 Å². The Morgan fingerprint density at radius 3 is 2.52 bits per heavy atom. The van der Waals surface area contributed by atoms with Crippen molar-refractivity contribution in [1.82, 2.24) is 9.29 Å². The SMILES string of the molecule is Cc1ccc(S(=O)(=O)N2CCCC2C(=O)Nc2nc(-c3ccc(C)cc3C)cs2)cc1. The van der Waals surface area contributed by atoms with Crippen molar-refractivity contribution in [2.75, 3.05) is 11.9 Å². The summed E-state index contributed by atoms with van der Waals surface area (Å²) in [5.74, 6) is -0.338. The van der Waals surface area contributed by atoms with Crippen molar-refractivity contribution in [2.45, 2.75) is 44.6 Å². The maximum absolute atomic E-state index is 13.1. The Labute approximate surface area is 187 Å². The summed E-state index contributed by atoms with van der Waals surface area (Å²) in [5.41, 5.74) is 5.11. The maximum Gasteiger partial charge on any atom is 0.244 e. The van der Waals surface area contributed by atoms with Crippen LogP contribution in [0.2, 0.25) is 0 Å². The molecular formula is C23H25N3O3S2. The molecule has 0 aliphatic carbocycles. The summed E-state index contributed by atoms with van der Waals surface area (Å²) < 4.78 is 27.5. The quantitative estimate of drug-likeness (QED) is 0.613. The van der Waals surface area contributed by atoms with Crippen LogP contribution in [-0.4, -0.2) is 36.2 Å². The molecule has 0 saturated carbocycles. The van der Waals surface area contributed by atoms with Crippen LogP contribution < -0.4 is 5.32 Å². The van der Waals surface area contributed by atoms with E-state index in [0.717, 1.165) is 22.4 Å². The van der Waals surface area contributed by atoms with E-state index in [2.05, 4.69) is 16.4 Å². The van der Waals surface area contributed by atoms with Gasteiger partial charge in [-0.15, -0.1) is 11.3 Å². The van der Waals surface area contributed by atoms with Gasteiger partial charge < -0.3 is 5.32 Å². The monoisotopic (exact) mass is 455 g/mol. The van der Waals surface area contributed by atoms with Crippen LogP contribution in [0.3, 0.4) is 0 Å². The summed E-state index contributed by atoms with van der Waals surface area (Å²) >= 11 is 1.34. The Morgan fingerprint density at radius 2 is 1.81 bits per heavy atom. The molecule has 3 aromatic rings. The molecule has 1 atom stereocenters. The van der Waals surface area contributed by atoms with Gasteiger partial charge in [-0.05, 0) is 51.3 Å². The highest BCUT2D eigenvalue weighted by Crippen LogP contribution is 2.30. The number of aromatic nitrogens is 1. The smallest absolute Gasteiger partial charge is 0.244 e. The van der Waals surface area contributed by atoms with Gasteiger partial charge >= 0.3 is 0 Å². The molecule has 1 aliphatic heterocycles. The Bertz CT molecular complexity index is 1220. The number of carbonyl (C=O) groups excluding carboxylic acids is 1. The van der Waals surface area contributed by atoms with E-state index in [9.17, 15) is 13.2 Å². The van der Waals surface area contributed by atoms with E-state index in [0.29, 0.717) is 24.5 Å². The van der Waals surface area contributed by atoms with Crippen molar-refractivity contribution in [3.05, 3.63) is 64.5 Å². The van der Waals surface area contributed by atoms with E-state index < -0.39 is 16.1 Å². The Hall–Kier alpha value is -2.55. The minimum absolute atomic E-state index is 0.212. The standard InChI is InChI=1S/C23H25N3O3S2/c1-15-6-9-18(10-7-15)31(28,29)26-12-4-5-21(26)22(27)25-23-24-20(14-30-23)19-11-8-16(2)13-17(19)3/h6-11,13-14,21H,4-5,12H2,1-3H3,(H,24,25,27). The van der Waals surface area contributed by atoms with Crippen LogP contribution in [0.25, 0.3) is 11.3 Å². The zero-order valence-electron chi connectivity index (χ0n) is 17.8. The molecule has 0 radical (unpaired) electrons. The minimum Gasteiger partial charge on any atom is -0.301 e. The average Bonchev–Trinajstić information content (AvgIpc) is 3.38. The summed E-state index contributed by atoms with van der Waals surface area (Å²) in [5, 5.41) is 5.21. The fourth-order valence-electron chi connectivity index (χ4n) is 3.88. The second-order valence-corrected chi connectivity index (χ2v) is 10.7. The topological polar surface area (TPSA) is 79.4 Å². The fraction of sp³-hybridized carbons (Fsp3) is 0.304. The number of amides is 1. The zero-order valence-corrected chi connectivity index (χ0v) is 19.4. The molecule has 1 aromatic heterocycles. The van der Waals surface area contributed by atoms with Crippen LogP contribution in [0.4, 0.5) is 5.13 Å². The van der Waals surface area contributed by atoms with E-state index in [-0.39, 0.29) is 10.8 Å². The summed E-state index contributed by atoms with van der Waals surface area (Å²) in [6.45, 7) is 6.32. The third-order valence-electron chi connectivity index (χ3n) is 5.53. The summed E-state index contributed by atoms with van der Waals surface area (Å²) in [4.78, 5) is 17.7. The van der Waals surface area contributed by atoms with Crippen molar-refractivity contribution in [3.8, 4) is 11.3 Å². The average molecular weight is 456 g/mol. The van der Waals surface area contributed by atoms with Crippen molar-refractivity contribution in [3.63, 3.8) is 0 Å². The number of carbonyl (C=O) groups is 1. The number of anilines is 1. The first kappa shape index (κ1) is 21.7. The Morgan fingerprint density at radius 1 is 1.10 bits per heavy atom. The number of sulfonamides is 1. The molecule has 8 heteroatoms. The lowest BCUT2D eigenvalue weighted by molar-refractivity contribution is -0.119. The number of hydrogen-bond acceptors (Lipinski definition) is 5. The predicted octanol–water partition coefficient (Wildman–Crippen LogP) is 4.53. The molecule has 0 spiro atoms. The Balaban J connectivity index is 1.52. The van der Waals surface area contributed by atoms with Crippen molar-refractivity contribution >= 4 is 32.4 Å². The normalized spacial score (nSPS) is 17.1. The van der Waals surface area contributed by atoms with Gasteiger partial charge in [0.1, 0.15) is 6.04 Å². The third-order valence-corrected chi connectivity index (χ3v) is 8.21. The number of thiazole rings is 1. The number of nitrogens with zero attached hydrogens (tertiary/aromatic N) is 2. The predicted molar refractivity (Wildman–Crippen MR) is 124 cm³/mol. The van der Waals surface area contributed by atoms with Gasteiger partial charge in [-0.3, -0.25) is 4.79 Å².